The fourth-order valence-corrected chi connectivity index (χ4v) is 2.41. The van der Waals surface area contributed by atoms with Crippen LogP contribution in [0.1, 0.15) is 18.1 Å². The summed E-state index contributed by atoms with van der Waals surface area (Å²) in [6.07, 6.45) is 1.53. The number of nitrogens with zero attached hydrogens (tertiary/aromatic N) is 1. The largest absolute Gasteiger partial charge is 0.493 e. The first-order valence-electron chi connectivity index (χ1n) is 7.71. The van der Waals surface area contributed by atoms with Crippen LogP contribution in [0.5, 0.6) is 11.5 Å². The van der Waals surface area contributed by atoms with E-state index >= 15 is 0 Å². The summed E-state index contributed by atoms with van der Waals surface area (Å²) in [6, 6.07) is 11.3. The van der Waals surface area contributed by atoms with Crippen LogP contribution in [0.25, 0.3) is 6.08 Å². The smallest absolute Gasteiger partial charge is 0.363 e. The Labute approximate surface area is 144 Å². The summed E-state index contributed by atoms with van der Waals surface area (Å²) in [4.78, 5) is 16.2. The summed E-state index contributed by atoms with van der Waals surface area (Å²) < 4.78 is 29.8. The number of para-hydroxylation sites is 1. The Morgan fingerprint density at radius 1 is 1.20 bits per heavy atom. The molecule has 0 N–H and O–H groups in total. The zero-order valence-electron chi connectivity index (χ0n) is 13.8. The number of halogens is 1. The van der Waals surface area contributed by atoms with Crippen molar-refractivity contribution in [1.82, 2.24) is 0 Å². The van der Waals surface area contributed by atoms with Gasteiger partial charge in [-0.3, -0.25) is 0 Å². The summed E-state index contributed by atoms with van der Waals surface area (Å²) in [7, 11) is 1.53. The van der Waals surface area contributed by atoms with Gasteiger partial charge in [-0.05, 0) is 31.2 Å². The molecule has 1 heterocycles. The first-order chi connectivity index (χ1) is 12.1. The van der Waals surface area contributed by atoms with Crippen molar-refractivity contribution < 1.29 is 23.4 Å². The van der Waals surface area contributed by atoms with Gasteiger partial charge in [-0.15, -0.1) is 0 Å². The molecule has 0 saturated heterocycles. The average molecular weight is 341 g/mol. The minimum absolute atomic E-state index is 0.0600. The van der Waals surface area contributed by atoms with Crippen LogP contribution in [0.3, 0.4) is 0 Å². The number of aliphatic imine (C=N–C) groups is 1. The zero-order valence-corrected chi connectivity index (χ0v) is 13.8. The lowest BCUT2D eigenvalue weighted by molar-refractivity contribution is -0.129. The topological polar surface area (TPSA) is 57.1 Å². The molecule has 0 amide bonds. The predicted octanol–water partition coefficient (Wildman–Crippen LogP) is 3.58. The van der Waals surface area contributed by atoms with Gasteiger partial charge in [0.25, 0.3) is 0 Å². The van der Waals surface area contributed by atoms with Crippen LogP contribution in [0.15, 0.2) is 53.2 Å². The minimum atomic E-state index is -0.650. The highest BCUT2D eigenvalue weighted by Gasteiger charge is 2.26. The van der Waals surface area contributed by atoms with Crippen molar-refractivity contribution in [3.8, 4) is 11.5 Å². The van der Waals surface area contributed by atoms with Gasteiger partial charge < -0.3 is 14.2 Å². The van der Waals surface area contributed by atoms with Crippen molar-refractivity contribution in [2.75, 3.05) is 13.7 Å². The second kappa shape index (κ2) is 7.17. The standard InChI is InChI=1S/C19H16FNO4/c1-3-24-17-12(7-6-10-16(17)23-2)11-15-19(22)25-18(21-15)13-8-4-5-9-14(13)20/h4-11H,3H2,1-2H3/b15-11-. The lowest BCUT2D eigenvalue weighted by Gasteiger charge is -2.11. The monoisotopic (exact) mass is 341 g/mol. The third-order valence-electron chi connectivity index (χ3n) is 3.53. The Kier molecular flexibility index (Phi) is 4.79. The van der Waals surface area contributed by atoms with Crippen LogP contribution >= 0.6 is 0 Å². The van der Waals surface area contributed by atoms with Crippen LogP contribution in [0.4, 0.5) is 4.39 Å². The van der Waals surface area contributed by atoms with Gasteiger partial charge >= 0.3 is 5.97 Å². The van der Waals surface area contributed by atoms with E-state index in [1.807, 2.05) is 6.92 Å². The number of benzene rings is 2. The Hall–Kier alpha value is -3.15. The highest BCUT2D eigenvalue weighted by molar-refractivity contribution is 6.13. The van der Waals surface area contributed by atoms with E-state index in [-0.39, 0.29) is 17.2 Å². The molecule has 0 fully saturated rings. The summed E-state index contributed by atoms with van der Waals surface area (Å²) in [5, 5.41) is 0. The molecule has 128 valence electrons. The summed E-state index contributed by atoms with van der Waals surface area (Å²) in [5.41, 5.74) is 0.814. The number of cyclic esters (lactones) is 1. The zero-order chi connectivity index (χ0) is 17.8. The molecule has 3 rings (SSSR count). The molecule has 0 bridgehead atoms. The summed E-state index contributed by atoms with van der Waals surface area (Å²) in [6.45, 7) is 2.28. The Morgan fingerprint density at radius 2 is 2.00 bits per heavy atom. The lowest BCUT2D eigenvalue weighted by Crippen LogP contribution is -2.07. The molecule has 0 spiro atoms. The molecular weight excluding hydrogens is 325 g/mol. The van der Waals surface area contributed by atoms with E-state index in [9.17, 15) is 9.18 Å². The molecule has 1 aliphatic rings. The Morgan fingerprint density at radius 3 is 2.72 bits per heavy atom. The molecule has 5 nitrogen and oxygen atoms in total. The summed E-state index contributed by atoms with van der Waals surface area (Å²) >= 11 is 0. The third kappa shape index (κ3) is 3.38. The molecule has 25 heavy (non-hydrogen) atoms. The van der Waals surface area contributed by atoms with E-state index in [0.29, 0.717) is 23.7 Å². The van der Waals surface area contributed by atoms with E-state index in [1.165, 1.54) is 25.3 Å². The highest BCUT2D eigenvalue weighted by atomic mass is 19.1. The van der Waals surface area contributed by atoms with Crippen molar-refractivity contribution in [1.29, 1.82) is 0 Å². The molecule has 0 saturated carbocycles. The number of carbonyl (C=O) groups excluding carboxylic acids is 1. The van der Waals surface area contributed by atoms with Crippen molar-refractivity contribution in [2.24, 2.45) is 4.99 Å². The van der Waals surface area contributed by atoms with Crippen LogP contribution in [0, 0.1) is 5.82 Å². The van der Waals surface area contributed by atoms with Crippen LogP contribution in [-0.2, 0) is 9.53 Å². The Balaban J connectivity index is 2.02. The third-order valence-corrected chi connectivity index (χ3v) is 3.53. The van der Waals surface area contributed by atoms with Gasteiger partial charge in [-0.25, -0.2) is 14.2 Å². The van der Waals surface area contributed by atoms with Gasteiger partial charge in [0.1, 0.15) is 5.82 Å². The second-order valence-electron chi connectivity index (χ2n) is 5.13. The molecule has 0 aliphatic carbocycles. The molecule has 2 aromatic carbocycles. The van der Waals surface area contributed by atoms with Crippen molar-refractivity contribution in [2.45, 2.75) is 6.92 Å². The molecule has 6 heteroatoms. The Bertz CT molecular complexity index is 873. The van der Waals surface area contributed by atoms with Gasteiger partial charge in [0.15, 0.2) is 17.2 Å². The number of rotatable bonds is 5. The maximum absolute atomic E-state index is 13.9. The molecule has 0 radical (unpaired) electrons. The van der Waals surface area contributed by atoms with E-state index in [4.69, 9.17) is 14.2 Å². The highest BCUT2D eigenvalue weighted by Crippen LogP contribution is 2.33. The van der Waals surface area contributed by atoms with Crippen molar-refractivity contribution in [3.05, 3.63) is 65.1 Å². The maximum Gasteiger partial charge on any atom is 0.363 e. The van der Waals surface area contributed by atoms with Gasteiger partial charge in [0.2, 0.25) is 5.90 Å². The fourth-order valence-electron chi connectivity index (χ4n) is 2.41. The van der Waals surface area contributed by atoms with Gasteiger partial charge in [0.05, 0.1) is 19.3 Å². The van der Waals surface area contributed by atoms with Gasteiger partial charge in [-0.1, -0.05) is 24.3 Å². The van der Waals surface area contributed by atoms with Gasteiger partial charge in [0, 0.05) is 5.56 Å². The number of methoxy groups -OCH3 is 1. The number of carbonyl (C=O) groups is 1. The second-order valence-corrected chi connectivity index (χ2v) is 5.13. The molecule has 2 aromatic rings. The quantitative estimate of drug-likeness (QED) is 0.616. The lowest BCUT2D eigenvalue weighted by atomic mass is 10.1. The van der Waals surface area contributed by atoms with Crippen molar-refractivity contribution >= 4 is 17.9 Å². The minimum Gasteiger partial charge on any atom is -0.493 e. The van der Waals surface area contributed by atoms with E-state index in [1.54, 1.807) is 30.3 Å². The average Bonchev–Trinajstić information content (AvgIpc) is 2.97. The predicted molar refractivity (Wildman–Crippen MR) is 91.2 cm³/mol. The first-order valence-corrected chi connectivity index (χ1v) is 7.71. The fraction of sp³-hybridized carbons (Fsp3) is 0.158. The number of ether oxygens (including phenoxy) is 3. The number of esters is 1. The number of hydrogen-bond donors (Lipinski definition) is 0. The van der Waals surface area contributed by atoms with E-state index in [2.05, 4.69) is 4.99 Å². The van der Waals surface area contributed by atoms with E-state index in [0.717, 1.165) is 0 Å². The van der Waals surface area contributed by atoms with Crippen LogP contribution in [0.2, 0.25) is 0 Å². The number of hydrogen-bond acceptors (Lipinski definition) is 5. The van der Waals surface area contributed by atoms with Crippen LogP contribution in [-0.4, -0.2) is 25.6 Å². The van der Waals surface area contributed by atoms with Crippen molar-refractivity contribution in [3.63, 3.8) is 0 Å². The molecule has 0 aromatic heterocycles. The SMILES string of the molecule is CCOc1c(/C=C2\N=C(c3ccccc3F)OC2=O)cccc1OC. The summed E-state index contributed by atoms with van der Waals surface area (Å²) in [5.74, 6) is -0.173. The molecular formula is C19H16FNO4. The molecule has 0 atom stereocenters. The first kappa shape index (κ1) is 16.7. The molecule has 1 aliphatic heterocycles. The normalized spacial score (nSPS) is 15.1. The van der Waals surface area contributed by atoms with Crippen LogP contribution < -0.4 is 9.47 Å². The van der Waals surface area contributed by atoms with Gasteiger partial charge in [-0.2, -0.15) is 0 Å². The molecule has 0 unspecified atom stereocenters. The van der Waals surface area contributed by atoms with E-state index < -0.39 is 11.8 Å². The maximum atomic E-state index is 13.9.